The number of rotatable bonds is 3. The van der Waals surface area contributed by atoms with Gasteiger partial charge in [-0.25, -0.2) is 0 Å². The molecular formula is C17H25NSi. The smallest absolute Gasteiger partial charge is 0.130 e. The van der Waals surface area contributed by atoms with Crippen LogP contribution in [0.4, 0.5) is 0 Å². The normalized spacial score (nSPS) is 19.6. The van der Waals surface area contributed by atoms with Crippen molar-refractivity contribution in [1.29, 1.82) is 0 Å². The monoisotopic (exact) mass is 271 g/mol. The minimum absolute atomic E-state index is 0.187. The molecule has 1 aromatic rings. The molecule has 0 aromatic heterocycles. The zero-order chi connectivity index (χ0) is 14.1. The van der Waals surface area contributed by atoms with Crippen LogP contribution in [0.1, 0.15) is 26.3 Å². The molecule has 19 heavy (non-hydrogen) atoms. The largest absolute Gasteiger partial charge is 0.332 e. The highest BCUT2D eigenvalue weighted by molar-refractivity contribution is 6.77. The van der Waals surface area contributed by atoms with E-state index in [1.807, 2.05) is 0 Å². The minimum Gasteiger partial charge on any atom is -0.332 e. The number of benzene rings is 1. The first kappa shape index (κ1) is 14.3. The van der Waals surface area contributed by atoms with Crippen LogP contribution in [-0.2, 0) is 0 Å². The fourth-order valence-corrected chi connectivity index (χ4v) is 6.11. The second kappa shape index (κ2) is 5.10. The average Bonchev–Trinajstić information content (AvgIpc) is 2.77. The van der Waals surface area contributed by atoms with Crippen LogP contribution in [0.25, 0.3) is 5.57 Å². The van der Waals surface area contributed by atoms with Crippen molar-refractivity contribution in [2.45, 2.75) is 44.9 Å². The van der Waals surface area contributed by atoms with Crippen molar-refractivity contribution in [1.82, 2.24) is 4.98 Å². The molecule has 2 heteroatoms. The highest BCUT2D eigenvalue weighted by Gasteiger charge is 2.34. The molecule has 0 amide bonds. The molecule has 0 saturated heterocycles. The maximum Gasteiger partial charge on any atom is 0.130 e. The molecular weight excluding hydrogens is 246 g/mol. The van der Waals surface area contributed by atoms with Crippen molar-refractivity contribution in [3.05, 3.63) is 54.1 Å². The summed E-state index contributed by atoms with van der Waals surface area (Å²) in [5.74, 6) is 0. The van der Waals surface area contributed by atoms with E-state index in [-0.39, 0.29) is 5.54 Å². The summed E-state index contributed by atoms with van der Waals surface area (Å²) >= 11 is 0. The van der Waals surface area contributed by atoms with E-state index in [1.165, 1.54) is 11.1 Å². The molecule has 0 fully saturated rings. The van der Waals surface area contributed by atoms with Gasteiger partial charge in [-0.05, 0) is 31.9 Å². The van der Waals surface area contributed by atoms with Crippen molar-refractivity contribution in [2.75, 3.05) is 0 Å². The molecule has 1 atom stereocenters. The molecule has 1 aliphatic carbocycles. The Morgan fingerprint density at radius 1 is 1.05 bits per heavy atom. The summed E-state index contributed by atoms with van der Waals surface area (Å²) in [5.41, 5.74) is 3.44. The van der Waals surface area contributed by atoms with Crippen molar-refractivity contribution in [3.8, 4) is 0 Å². The first-order valence-corrected chi connectivity index (χ1v) is 10.1. The van der Waals surface area contributed by atoms with Crippen LogP contribution in [0.15, 0.2) is 48.6 Å². The lowest BCUT2D eigenvalue weighted by Gasteiger charge is -2.36. The Hall–Kier alpha value is -1.12. The van der Waals surface area contributed by atoms with E-state index in [1.54, 1.807) is 0 Å². The van der Waals surface area contributed by atoms with Gasteiger partial charge in [0.25, 0.3) is 0 Å². The third-order valence-corrected chi connectivity index (χ3v) is 6.90. The summed E-state index contributed by atoms with van der Waals surface area (Å²) in [6.45, 7) is 11.6. The fourth-order valence-electron chi connectivity index (χ4n) is 2.83. The quantitative estimate of drug-likeness (QED) is 0.792. The molecule has 2 rings (SSSR count). The molecule has 0 aliphatic heterocycles. The molecule has 1 aliphatic rings. The second-order valence-corrected chi connectivity index (χ2v) is 11.3. The Morgan fingerprint density at radius 2 is 1.68 bits per heavy atom. The van der Waals surface area contributed by atoms with E-state index in [0.717, 1.165) is 0 Å². The van der Waals surface area contributed by atoms with E-state index >= 15 is 0 Å². The van der Waals surface area contributed by atoms with Crippen molar-refractivity contribution in [3.63, 3.8) is 0 Å². The third kappa shape index (κ3) is 3.68. The van der Waals surface area contributed by atoms with Crippen LogP contribution >= 0.6 is 0 Å². The number of nitrogens with one attached hydrogen (secondary N) is 1. The zero-order valence-corrected chi connectivity index (χ0v) is 13.7. The van der Waals surface area contributed by atoms with Gasteiger partial charge < -0.3 is 4.98 Å². The predicted molar refractivity (Wildman–Crippen MR) is 87.7 cm³/mol. The van der Waals surface area contributed by atoms with E-state index in [9.17, 15) is 0 Å². The number of allylic oxidation sites excluding steroid dienone is 4. The molecule has 102 valence electrons. The van der Waals surface area contributed by atoms with Gasteiger partial charge in [-0.3, -0.25) is 0 Å². The fraction of sp³-hybridized carbons (Fsp3) is 0.412. The van der Waals surface area contributed by atoms with Gasteiger partial charge in [0.1, 0.15) is 8.24 Å². The van der Waals surface area contributed by atoms with Crippen LogP contribution in [0.5, 0.6) is 0 Å². The number of hydrogen-bond donors (Lipinski definition) is 1. The van der Waals surface area contributed by atoms with Gasteiger partial charge in [0.05, 0.1) is 0 Å². The lowest BCUT2D eigenvalue weighted by Crippen LogP contribution is -2.56. The van der Waals surface area contributed by atoms with Gasteiger partial charge >= 0.3 is 0 Å². The summed E-state index contributed by atoms with van der Waals surface area (Å²) < 4.78 is 0. The molecule has 0 bridgehead atoms. The standard InChI is InChI=1S/C17H25NSi/c1-17(2,3)18-19(4,5)16-12-11-15(13-16)14-9-7-6-8-10-14/h6-13,16,18H,1-5H3. The Balaban J connectivity index is 2.18. The van der Waals surface area contributed by atoms with Gasteiger partial charge in [-0.15, -0.1) is 0 Å². The SMILES string of the molecule is CC(C)(C)N[Si](C)(C)C1C=CC(c2ccccc2)=C1. The summed E-state index contributed by atoms with van der Waals surface area (Å²) in [6, 6.07) is 10.6. The van der Waals surface area contributed by atoms with E-state index in [2.05, 4.69) is 87.4 Å². The summed E-state index contributed by atoms with van der Waals surface area (Å²) in [4.78, 5) is 3.85. The first-order valence-electron chi connectivity index (χ1n) is 7.03. The molecule has 0 spiro atoms. The van der Waals surface area contributed by atoms with Gasteiger partial charge in [0, 0.05) is 11.1 Å². The third-order valence-electron chi connectivity index (χ3n) is 3.48. The molecule has 1 N–H and O–H groups in total. The van der Waals surface area contributed by atoms with Crippen LogP contribution in [0, 0.1) is 0 Å². The topological polar surface area (TPSA) is 12.0 Å². The molecule has 1 unspecified atom stereocenters. The zero-order valence-electron chi connectivity index (χ0n) is 12.7. The van der Waals surface area contributed by atoms with Crippen LogP contribution in [0.2, 0.25) is 18.6 Å². The molecule has 0 radical (unpaired) electrons. The van der Waals surface area contributed by atoms with Crippen LogP contribution < -0.4 is 4.98 Å². The minimum atomic E-state index is -1.49. The Kier molecular flexibility index (Phi) is 3.84. The summed E-state index contributed by atoms with van der Waals surface area (Å²) in [7, 11) is -1.49. The lowest BCUT2D eigenvalue weighted by atomic mass is 10.1. The Bertz CT molecular complexity index is 492. The van der Waals surface area contributed by atoms with Crippen LogP contribution in [0.3, 0.4) is 0 Å². The van der Waals surface area contributed by atoms with E-state index in [4.69, 9.17) is 0 Å². The van der Waals surface area contributed by atoms with Crippen molar-refractivity contribution in [2.24, 2.45) is 0 Å². The van der Waals surface area contributed by atoms with Gasteiger partial charge in [0.15, 0.2) is 0 Å². The second-order valence-electron chi connectivity index (χ2n) is 6.97. The van der Waals surface area contributed by atoms with Crippen LogP contribution in [-0.4, -0.2) is 13.8 Å². The summed E-state index contributed by atoms with van der Waals surface area (Å²) in [6.07, 6.45) is 7.08. The van der Waals surface area contributed by atoms with Crippen molar-refractivity contribution >= 4 is 13.8 Å². The highest BCUT2D eigenvalue weighted by atomic mass is 28.3. The van der Waals surface area contributed by atoms with Crippen molar-refractivity contribution < 1.29 is 0 Å². The number of hydrogen-bond acceptors (Lipinski definition) is 1. The van der Waals surface area contributed by atoms with E-state index < -0.39 is 8.24 Å². The van der Waals surface area contributed by atoms with Gasteiger partial charge in [0.2, 0.25) is 0 Å². The molecule has 1 aromatic carbocycles. The predicted octanol–water partition coefficient (Wildman–Crippen LogP) is 4.60. The maximum absolute atomic E-state index is 3.85. The molecule has 0 saturated carbocycles. The Labute approximate surface area is 118 Å². The maximum atomic E-state index is 3.85. The summed E-state index contributed by atoms with van der Waals surface area (Å²) in [5, 5.41) is 0. The van der Waals surface area contributed by atoms with E-state index in [0.29, 0.717) is 5.54 Å². The first-order chi connectivity index (χ1) is 8.78. The lowest BCUT2D eigenvalue weighted by molar-refractivity contribution is 0.510. The molecule has 0 heterocycles. The molecule has 1 nitrogen and oxygen atoms in total. The van der Waals surface area contributed by atoms with Gasteiger partial charge in [-0.2, -0.15) is 0 Å². The average molecular weight is 271 g/mol. The highest BCUT2D eigenvalue weighted by Crippen LogP contribution is 2.34. The van der Waals surface area contributed by atoms with Gasteiger partial charge in [-0.1, -0.05) is 61.7 Å². The Morgan fingerprint density at radius 3 is 2.26 bits per heavy atom.